The first-order chi connectivity index (χ1) is 14.2. The van der Waals surface area contributed by atoms with Crippen molar-refractivity contribution in [2.45, 2.75) is 44.6 Å². The van der Waals surface area contributed by atoms with Gasteiger partial charge < -0.3 is 25.1 Å². The fraction of sp³-hybridized carbons (Fsp3) is 0.714. The number of hydrogen-bond acceptors (Lipinski definition) is 5. The molecule has 0 spiro atoms. The van der Waals surface area contributed by atoms with E-state index in [1.165, 1.54) is 38.4 Å². The van der Waals surface area contributed by atoms with Crippen LogP contribution in [0.2, 0.25) is 0 Å². The second-order valence-corrected chi connectivity index (χ2v) is 7.74. The molecule has 2 aliphatic rings. The van der Waals surface area contributed by atoms with E-state index in [0.29, 0.717) is 18.8 Å². The molecule has 3 N–H and O–H groups in total. The number of guanidine groups is 1. The van der Waals surface area contributed by atoms with Crippen LogP contribution in [0.3, 0.4) is 0 Å². The molecule has 1 saturated heterocycles. The topological polar surface area (TPSA) is 91.1 Å². The lowest BCUT2D eigenvalue weighted by Gasteiger charge is -2.47. The van der Waals surface area contributed by atoms with Crippen molar-refractivity contribution >= 4 is 11.9 Å². The summed E-state index contributed by atoms with van der Waals surface area (Å²) in [7, 11) is 0. The molecular formula is C21H35N5O3. The number of nitrogens with one attached hydrogen (secondary N) is 3. The maximum Gasteiger partial charge on any atom is 0.287 e. The highest BCUT2D eigenvalue weighted by molar-refractivity contribution is 5.91. The van der Waals surface area contributed by atoms with Gasteiger partial charge in [0.25, 0.3) is 5.91 Å². The zero-order valence-electron chi connectivity index (χ0n) is 17.5. The number of carbonyl (C=O) groups is 1. The normalized spacial score (nSPS) is 20.2. The number of morpholine rings is 1. The summed E-state index contributed by atoms with van der Waals surface area (Å²) >= 11 is 0. The largest absolute Gasteiger partial charge is 0.459 e. The molecule has 1 amide bonds. The van der Waals surface area contributed by atoms with Crippen LogP contribution in [0, 0.1) is 0 Å². The van der Waals surface area contributed by atoms with Gasteiger partial charge in [-0.3, -0.25) is 14.7 Å². The van der Waals surface area contributed by atoms with Crippen LogP contribution < -0.4 is 16.0 Å². The maximum absolute atomic E-state index is 11.9. The quantitative estimate of drug-likeness (QED) is 0.346. The molecule has 8 heteroatoms. The molecule has 3 rings (SSSR count). The lowest BCUT2D eigenvalue weighted by Crippen LogP contribution is -2.56. The molecule has 0 radical (unpaired) electrons. The molecular weight excluding hydrogens is 370 g/mol. The van der Waals surface area contributed by atoms with E-state index in [-0.39, 0.29) is 11.4 Å². The predicted octanol–water partition coefficient (Wildman–Crippen LogP) is 1.60. The average molecular weight is 406 g/mol. The first kappa shape index (κ1) is 21.6. The zero-order chi connectivity index (χ0) is 20.4. The molecule has 29 heavy (non-hydrogen) atoms. The van der Waals surface area contributed by atoms with Crippen molar-refractivity contribution < 1.29 is 13.9 Å². The lowest BCUT2D eigenvalue weighted by atomic mass is 9.80. The Bertz CT molecular complexity index is 635. The van der Waals surface area contributed by atoms with Crippen molar-refractivity contribution in [2.75, 3.05) is 52.5 Å². The lowest BCUT2D eigenvalue weighted by molar-refractivity contribution is -0.0333. The third-order valence-corrected chi connectivity index (χ3v) is 5.79. The summed E-state index contributed by atoms with van der Waals surface area (Å²) in [4.78, 5) is 19.5. The average Bonchev–Trinajstić information content (AvgIpc) is 3.31. The minimum absolute atomic E-state index is 0.151. The van der Waals surface area contributed by atoms with E-state index in [1.807, 2.05) is 0 Å². The van der Waals surface area contributed by atoms with Gasteiger partial charge in [0, 0.05) is 38.3 Å². The van der Waals surface area contributed by atoms with Crippen LogP contribution in [0.5, 0.6) is 0 Å². The summed E-state index contributed by atoms with van der Waals surface area (Å²) in [5.74, 6) is 0.931. The van der Waals surface area contributed by atoms with Crippen LogP contribution in [-0.4, -0.2) is 74.8 Å². The van der Waals surface area contributed by atoms with Gasteiger partial charge >= 0.3 is 0 Å². The Labute approximate surface area is 173 Å². The van der Waals surface area contributed by atoms with Crippen LogP contribution in [0.1, 0.15) is 49.6 Å². The highest BCUT2D eigenvalue weighted by Gasteiger charge is 2.38. The van der Waals surface area contributed by atoms with Gasteiger partial charge in [-0.15, -0.1) is 0 Å². The summed E-state index contributed by atoms with van der Waals surface area (Å²) in [6.07, 6.45) is 7.78. The number of hydrogen-bond donors (Lipinski definition) is 3. The van der Waals surface area contributed by atoms with Gasteiger partial charge in [0.1, 0.15) is 0 Å². The van der Waals surface area contributed by atoms with E-state index in [2.05, 4.69) is 27.8 Å². The van der Waals surface area contributed by atoms with Gasteiger partial charge in [-0.1, -0.05) is 19.3 Å². The number of ether oxygens (including phenoxy) is 1. The summed E-state index contributed by atoms with van der Waals surface area (Å²) in [5.41, 5.74) is 0.151. The Morgan fingerprint density at radius 1 is 1.14 bits per heavy atom. The van der Waals surface area contributed by atoms with E-state index < -0.39 is 0 Å². The number of furan rings is 1. The molecule has 1 aromatic rings. The van der Waals surface area contributed by atoms with Crippen molar-refractivity contribution in [1.82, 2.24) is 20.9 Å². The fourth-order valence-electron chi connectivity index (χ4n) is 4.24. The number of aliphatic imine (C=N–C) groups is 1. The number of rotatable bonds is 8. The van der Waals surface area contributed by atoms with Gasteiger partial charge in [-0.2, -0.15) is 0 Å². The minimum atomic E-state index is -0.202. The van der Waals surface area contributed by atoms with Crippen LogP contribution in [0.25, 0.3) is 0 Å². The van der Waals surface area contributed by atoms with Crippen molar-refractivity contribution in [3.8, 4) is 0 Å². The molecule has 1 saturated carbocycles. The summed E-state index contributed by atoms with van der Waals surface area (Å²) in [6, 6.07) is 3.36. The van der Waals surface area contributed by atoms with Gasteiger partial charge in [-0.05, 0) is 31.9 Å². The highest BCUT2D eigenvalue weighted by atomic mass is 16.5. The number of nitrogens with zero attached hydrogens (tertiary/aromatic N) is 2. The van der Waals surface area contributed by atoms with E-state index in [1.54, 1.807) is 12.1 Å². The molecule has 1 aromatic heterocycles. The van der Waals surface area contributed by atoms with Gasteiger partial charge in [0.2, 0.25) is 0 Å². The zero-order valence-corrected chi connectivity index (χ0v) is 17.5. The van der Waals surface area contributed by atoms with E-state index >= 15 is 0 Å². The maximum atomic E-state index is 11.9. The molecule has 0 aromatic carbocycles. The smallest absolute Gasteiger partial charge is 0.287 e. The third-order valence-electron chi connectivity index (χ3n) is 5.79. The predicted molar refractivity (Wildman–Crippen MR) is 113 cm³/mol. The number of amides is 1. The Morgan fingerprint density at radius 3 is 2.59 bits per heavy atom. The van der Waals surface area contributed by atoms with Crippen molar-refractivity contribution in [3.05, 3.63) is 24.2 Å². The molecule has 0 bridgehead atoms. The fourth-order valence-corrected chi connectivity index (χ4v) is 4.24. The number of carbonyl (C=O) groups excluding carboxylic acids is 1. The third kappa shape index (κ3) is 6.21. The molecule has 0 atom stereocenters. The van der Waals surface area contributed by atoms with Crippen LogP contribution in [0.4, 0.5) is 0 Å². The van der Waals surface area contributed by atoms with Gasteiger partial charge in [-0.25, -0.2) is 0 Å². The second-order valence-electron chi connectivity index (χ2n) is 7.74. The van der Waals surface area contributed by atoms with Crippen LogP contribution >= 0.6 is 0 Å². The first-order valence-electron chi connectivity index (χ1n) is 10.9. The Hall–Kier alpha value is -2.06. The van der Waals surface area contributed by atoms with Crippen molar-refractivity contribution in [2.24, 2.45) is 4.99 Å². The molecule has 1 aliphatic carbocycles. The van der Waals surface area contributed by atoms with Gasteiger partial charge in [0.15, 0.2) is 11.7 Å². The SMILES string of the molecule is CCNC(=NCC1(N2CCOCC2)CCCCC1)NCCNC(=O)c1ccco1. The molecule has 162 valence electrons. The van der Waals surface area contributed by atoms with Gasteiger partial charge in [0.05, 0.1) is 26.0 Å². The summed E-state index contributed by atoms with van der Waals surface area (Å²) in [5, 5.41) is 9.50. The van der Waals surface area contributed by atoms with E-state index in [0.717, 1.165) is 45.4 Å². The molecule has 2 heterocycles. The molecule has 8 nitrogen and oxygen atoms in total. The van der Waals surface area contributed by atoms with Crippen molar-refractivity contribution in [1.29, 1.82) is 0 Å². The molecule has 1 aliphatic heterocycles. The summed E-state index contributed by atoms with van der Waals surface area (Å²) in [6.45, 7) is 8.39. The Morgan fingerprint density at radius 2 is 1.90 bits per heavy atom. The van der Waals surface area contributed by atoms with E-state index in [4.69, 9.17) is 14.1 Å². The molecule has 0 unspecified atom stereocenters. The second kappa shape index (κ2) is 11.2. The Kier molecular flexibility index (Phi) is 8.37. The van der Waals surface area contributed by atoms with Crippen LogP contribution in [0.15, 0.2) is 27.8 Å². The Balaban J connectivity index is 1.52. The minimum Gasteiger partial charge on any atom is -0.459 e. The highest BCUT2D eigenvalue weighted by Crippen LogP contribution is 2.34. The van der Waals surface area contributed by atoms with Crippen molar-refractivity contribution in [3.63, 3.8) is 0 Å². The van der Waals surface area contributed by atoms with E-state index in [9.17, 15) is 4.79 Å². The molecule has 2 fully saturated rings. The monoisotopic (exact) mass is 405 g/mol. The summed E-state index contributed by atoms with van der Waals surface area (Å²) < 4.78 is 10.7. The van der Waals surface area contributed by atoms with Crippen LogP contribution in [-0.2, 0) is 4.74 Å². The standard InChI is InChI=1S/C21H35N5O3/c1-2-22-20(24-11-10-23-19(27)18-7-6-14-29-18)25-17-21(8-4-3-5-9-21)26-12-15-28-16-13-26/h6-7,14H,2-5,8-13,15-17H2,1H3,(H,23,27)(H2,22,24,25). The first-order valence-corrected chi connectivity index (χ1v) is 10.9.